The van der Waals surface area contributed by atoms with E-state index < -0.39 is 11.5 Å². The van der Waals surface area contributed by atoms with Gasteiger partial charge >= 0.3 is 5.97 Å². The summed E-state index contributed by atoms with van der Waals surface area (Å²) in [6, 6.07) is 0. The lowest BCUT2D eigenvalue weighted by Crippen LogP contribution is -2.57. The molecule has 1 atom stereocenters. The number of carbonyl (C=O) groups is 2. The molecule has 0 spiro atoms. The monoisotopic (exact) mass is 272 g/mol. The first-order valence-corrected chi connectivity index (χ1v) is 6.75. The zero-order valence-corrected chi connectivity index (χ0v) is 11.8. The third kappa shape index (κ3) is 4.47. The number of amides is 1. The lowest BCUT2D eigenvalue weighted by Gasteiger charge is -2.41. The number of nitrogens with one attached hydrogen (secondary N) is 1. The van der Waals surface area contributed by atoms with Crippen molar-refractivity contribution in [2.75, 3.05) is 33.4 Å². The van der Waals surface area contributed by atoms with Crippen LogP contribution in [0.2, 0.25) is 0 Å². The minimum Gasteiger partial charge on any atom is -0.480 e. The fraction of sp³-hybridized carbons (Fsp3) is 0.846. The van der Waals surface area contributed by atoms with Crippen molar-refractivity contribution in [1.29, 1.82) is 0 Å². The number of ether oxygens (including phenoxy) is 1. The average molecular weight is 272 g/mol. The van der Waals surface area contributed by atoms with Gasteiger partial charge < -0.3 is 15.2 Å². The molecule has 1 amide bonds. The zero-order chi connectivity index (χ0) is 14.3. The van der Waals surface area contributed by atoms with Gasteiger partial charge in [-0.05, 0) is 39.2 Å². The number of hydrogen-bond acceptors (Lipinski definition) is 4. The summed E-state index contributed by atoms with van der Waals surface area (Å²) in [5, 5.41) is 12.1. The minimum atomic E-state index is -0.915. The summed E-state index contributed by atoms with van der Waals surface area (Å²) in [6.07, 6.45) is 3.20. The number of aliphatic carboxylic acids is 1. The molecule has 1 fully saturated rings. The number of likely N-dealkylation sites (tertiary alicyclic amines) is 1. The average Bonchev–Trinajstić information content (AvgIpc) is 2.37. The van der Waals surface area contributed by atoms with E-state index in [0.717, 1.165) is 19.3 Å². The third-order valence-electron chi connectivity index (χ3n) is 3.68. The molecule has 1 aliphatic rings. The van der Waals surface area contributed by atoms with Crippen molar-refractivity contribution in [2.24, 2.45) is 0 Å². The molecule has 110 valence electrons. The molecule has 1 unspecified atom stereocenters. The van der Waals surface area contributed by atoms with E-state index in [4.69, 9.17) is 4.74 Å². The highest BCUT2D eigenvalue weighted by atomic mass is 16.5. The lowest BCUT2D eigenvalue weighted by atomic mass is 9.88. The molecule has 0 aliphatic carbocycles. The van der Waals surface area contributed by atoms with Crippen molar-refractivity contribution in [1.82, 2.24) is 10.2 Å². The van der Waals surface area contributed by atoms with Gasteiger partial charge in [0.05, 0.1) is 6.54 Å². The van der Waals surface area contributed by atoms with Crippen molar-refractivity contribution in [3.05, 3.63) is 0 Å². The number of methoxy groups -OCH3 is 1. The van der Waals surface area contributed by atoms with E-state index in [1.54, 1.807) is 18.9 Å². The Hall–Kier alpha value is -1.14. The molecular formula is C13H24N2O4. The molecule has 6 nitrogen and oxygen atoms in total. The maximum atomic E-state index is 11.8. The molecule has 19 heavy (non-hydrogen) atoms. The molecule has 1 aliphatic heterocycles. The van der Waals surface area contributed by atoms with Crippen LogP contribution in [0, 0.1) is 0 Å². The SMILES string of the molecule is COCCCNC(=O)CN1CCCCC1(C)C(=O)O. The Morgan fingerprint density at radius 1 is 1.42 bits per heavy atom. The van der Waals surface area contributed by atoms with Crippen LogP contribution in [0.1, 0.15) is 32.6 Å². The Bertz CT molecular complexity index is 322. The summed E-state index contributed by atoms with van der Waals surface area (Å²) >= 11 is 0. The van der Waals surface area contributed by atoms with Crippen LogP contribution in [0.25, 0.3) is 0 Å². The summed E-state index contributed by atoms with van der Waals surface area (Å²) in [4.78, 5) is 24.9. The minimum absolute atomic E-state index is 0.120. The number of carbonyl (C=O) groups excluding carboxylic acids is 1. The van der Waals surface area contributed by atoms with E-state index in [2.05, 4.69) is 5.32 Å². The first-order chi connectivity index (χ1) is 9.00. The van der Waals surface area contributed by atoms with Crippen molar-refractivity contribution >= 4 is 11.9 Å². The smallest absolute Gasteiger partial charge is 0.323 e. The van der Waals surface area contributed by atoms with Gasteiger partial charge in [-0.25, -0.2) is 0 Å². The fourth-order valence-electron chi connectivity index (χ4n) is 2.35. The third-order valence-corrected chi connectivity index (χ3v) is 3.68. The normalized spacial score (nSPS) is 24.1. The van der Waals surface area contributed by atoms with Crippen LogP contribution in [0.3, 0.4) is 0 Å². The largest absolute Gasteiger partial charge is 0.480 e. The van der Waals surface area contributed by atoms with E-state index in [-0.39, 0.29) is 12.5 Å². The van der Waals surface area contributed by atoms with Gasteiger partial charge in [0.1, 0.15) is 5.54 Å². The first kappa shape index (κ1) is 15.9. The quantitative estimate of drug-likeness (QED) is 0.659. The second-order valence-corrected chi connectivity index (χ2v) is 5.15. The summed E-state index contributed by atoms with van der Waals surface area (Å²) < 4.78 is 4.90. The highest BCUT2D eigenvalue weighted by Crippen LogP contribution is 2.27. The fourth-order valence-corrected chi connectivity index (χ4v) is 2.35. The highest BCUT2D eigenvalue weighted by Gasteiger charge is 2.41. The zero-order valence-electron chi connectivity index (χ0n) is 11.8. The Morgan fingerprint density at radius 2 is 2.16 bits per heavy atom. The van der Waals surface area contributed by atoms with Gasteiger partial charge in [-0.1, -0.05) is 0 Å². The van der Waals surface area contributed by atoms with Crippen molar-refractivity contribution in [3.63, 3.8) is 0 Å². The van der Waals surface area contributed by atoms with Gasteiger partial charge in [-0.3, -0.25) is 14.5 Å². The van der Waals surface area contributed by atoms with E-state index in [1.165, 1.54) is 0 Å². The van der Waals surface area contributed by atoms with Crippen molar-refractivity contribution in [3.8, 4) is 0 Å². The Kier molecular flexibility index (Phi) is 6.24. The molecule has 2 N–H and O–H groups in total. The first-order valence-electron chi connectivity index (χ1n) is 6.75. The van der Waals surface area contributed by atoms with Gasteiger partial charge in [-0.2, -0.15) is 0 Å². The number of hydrogen-bond donors (Lipinski definition) is 2. The van der Waals surface area contributed by atoms with E-state index >= 15 is 0 Å². The van der Waals surface area contributed by atoms with E-state index in [0.29, 0.717) is 26.1 Å². The number of nitrogens with zero attached hydrogens (tertiary/aromatic N) is 1. The van der Waals surface area contributed by atoms with Crippen LogP contribution in [0.5, 0.6) is 0 Å². The van der Waals surface area contributed by atoms with Crippen LogP contribution >= 0.6 is 0 Å². The molecule has 1 saturated heterocycles. The Morgan fingerprint density at radius 3 is 2.79 bits per heavy atom. The molecule has 0 saturated carbocycles. The summed E-state index contributed by atoms with van der Waals surface area (Å²) in [5.74, 6) is -0.968. The maximum absolute atomic E-state index is 11.8. The van der Waals surface area contributed by atoms with Gasteiger partial charge in [0.2, 0.25) is 5.91 Å². The van der Waals surface area contributed by atoms with Gasteiger partial charge in [-0.15, -0.1) is 0 Å². The summed E-state index contributed by atoms with van der Waals surface area (Å²) in [5.41, 5.74) is -0.915. The van der Waals surface area contributed by atoms with E-state index in [1.807, 2.05) is 0 Å². The maximum Gasteiger partial charge on any atom is 0.323 e. The van der Waals surface area contributed by atoms with Gasteiger partial charge in [0.15, 0.2) is 0 Å². The number of piperidine rings is 1. The molecule has 0 radical (unpaired) electrons. The second kappa shape index (κ2) is 7.45. The highest BCUT2D eigenvalue weighted by molar-refractivity contribution is 5.82. The molecular weight excluding hydrogens is 248 g/mol. The number of rotatable bonds is 7. The van der Waals surface area contributed by atoms with Crippen LogP contribution in [0.4, 0.5) is 0 Å². The second-order valence-electron chi connectivity index (χ2n) is 5.15. The van der Waals surface area contributed by atoms with Crippen LogP contribution in [0.15, 0.2) is 0 Å². The van der Waals surface area contributed by atoms with Crippen LogP contribution in [-0.4, -0.2) is 60.8 Å². The molecule has 1 heterocycles. The van der Waals surface area contributed by atoms with Crippen molar-refractivity contribution < 1.29 is 19.4 Å². The number of carboxylic acids is 1. The predicted molar refractivity (Wildman–Crippen MR) is 71.0 cm³/mol. The van der Waals surface area contributed by atoms with Gasteiger partial charge in [0, 0.05) is 20.3 Å². The summed E-state index contributed by atoms with van der Waals surface area (Å²) in [7, 11) is 1.62. The number of carboxylic acid groups (broad SMARTS) is 1. The summed E-state index contributed by atoms with van der Waals surface area (Å²) in [6.45, 7) is 3.68. The van der Waals surface area contributed by atoms with Crippen molar-refractivity contribution in [2.45, 2.75) is 38.1 Å². The molecule has 0 aromatic rings. The Labute approximate surface area is 114 Å². The van der Waals surface area contributed by atoms with Crippen LogP contribution < -0.4 is 5.32 Å². The van der Waals surface area contributed by atoms with Crippen LogP contribution in [-0.2, 0) is 14.3 Å². The molecule has 0 aromatic heterocycles. The molecule has 6 heteroatoms. The Balaban J connectivity index is 2.44. The predicted octanol–water partition coefficient (Wildman–Crippen LogP) is 0.468. The molecule has 1 rings (SSSR count). The molecule has 0 bridgehead atoms. The van der Waals surface area contributed by atoms with E-state index in [9.17, 15) is 14.7 Å². The lowest BCUT2D eigenvalue weighted by molar-refractivity contribution is -0.153. The standard InChI is InChI=1S/C13H24N2O4/c1-13(12(17)18)6-3-4-8-15(13)10-11(16)14-7-5-9-19-2/h3-10H2,1-2H3,(H,14,16)(H,17,18). The molecule has 0 aromatic carbocycles. The van der Waals surface area contributed by atoms with Gasteiger partial charge in [0.25, 0.3) is 0 Å². The topological polar surface area (TPSA) is 78.9 Å².